The van der Waals surface area contributed by atoms with E-state index in [9.17, 15) is 22.4 Å². The monoisotopic (exact) mass is 441 g/mol. The van der Waals surface area contributed by atoms with Crippen molar-refractivity contribution in [2.45, 2.75) is 17.7 Å². The molecule has 7 nitrogen and oxygen atoms in total. The van der Waals surface area contributed by atoms with Crippen LogP contribution in [0.25, 0.3) is 0 Å². The van der Waals surface area contributed by atoms with Crippen LogP contribution in [0.4, 0.5) is 4.39 Å². The van der Waals surface area contributed by atoms with Gasteiger partial charge in [0.1, 0.15) is 11.4 Å². The first-order chi connectivity index (χ1) is 13.7. The average Bonchev–Trinajstić information content (AvgIpc) is 2.70. The van der Waals surface area contributed by atoms with Crippen LogP contribution < -0.4 is 10.3 Å². The molecule has 2 aromatic rings. The van der Waals surface area contributed by atoms with Gasteiger partial charge in [-0.05, 0) is 49.1 Å². The van der Waals surface area contributed by atoms with E-state index >= 15 is 0 Å². The average molecular weight is 442 g/mol. The largest absolute Gasteiger partial charge is 0.338 e. The van der Waals surface area contributed by atoms with Crippen LogP contribution in [0.2, 0.25) is 5.02 Å². The van der Waals surface area contributed by atoms with Crippen molar-refractivity contribution in [2.75, 3.05) is 19.6 Å². The smallest absolute Gasteiger partial charge is 0.263 e. The Hall–Kier alpha value is -2.23. The first-order valence-corrected chi connectivity index (χ1v) is 10.9. The Balaban J connectivity index is 1.57. The number of likely N-dealkylation sites (tertiary alicyclic amines) is 1. The lowest BCUT2D eigenvalue weighted by Crippen LogP contribution is -2.43. The van der Waals surface area contributed by atoms with Crippen molar-refractivity contribution >= 4 is 27.5 Å². The highest BCUT2D eigenvalue weighted by molar-refractivity contribution is 7.89. The molecular formula is C19H21ClFN3O4S. The van der Waals surface area contributed by atoms with Gasteiger partial charge in [0.05, 0.1) is 9.92 Å². The van der Waals surface area contributed by atoms with E-state index in [4.69, 9.17) is 11.6 Å². The van der Waals surface area contributed by atoms with Crippen molar-refractivity contribution in [3.05, 3.63) is 63.3 Å². The molecule has 1 fully saturated rings. The third kappa shape index (κ3) is 4.85. The van der Waals surface area contributed by atoms with E-state index in [0.717, 1.165) is 18.2 Å². The molecule has 1 aliphatic rings. The zero-order valence-corrected chi connectivity index (χ0v) is 17.3. The SMILES string of the molecule is Cn1cccc(C(=O)N2CCC(CNS(=O)(=O)c3ccc(F)c(Cl)c3)CC2)c1=O. The van der Waals surface area contributed by atoms with E-state index < -0.39 is 15.8 Å². The molecule has 1 saturated heterocycles. The number of hydrogen-bond acceptors (Lipinski definition) is 4. The van der Waals surface area contributed by atoms with Gasteiger partial charge in [0.2, 0.25) is 10.0 Å². The number of nitrogens with one attached hydrogen (secondary N) is 1. The van der Waals surface area contributed by atoms with E-state index in [2.05, 4.69) is 4.72 Å². The number of rotatable bonds is 5. The Kier molecular flexibility index (Phi) is 6.40. The molecule has 0 unspecified atom stereocenters. The summed E-state index contributed by atoms with van der Waals surface area (Å²) in [4.78, 5) is 26.2. The first kappa shape index (κ1) is 21.5. The highest BCUT2D eigenvalue weighted by Gasteiger charge is 2.26. The molecule has 1 amide bonds. The number of sulfonamides is 1. The van der Waals surface area contributed by atoms with Crippen molar-refractivity contribution in [3.8, 4) is 0 Å². The van der Waals surface area contributed by atoms with Crippen molar-refractivity contribution in [2.24, 2.45) is 13.0 Å². The Morgan fingerprint density at radius 2 is 1.97 bits per heavy atom. The molecule has 2 heterocycles. The first-order valence-electron chi connectivity index (χ1n) is 9.08. The summed E-state index contributed by atoms with van der Waals surface area (Å²) in [6.07, 6.45) is 2.79. The summed E-state index contributed by atoms with van der Waals surface area (Å²) in [5, 5.41) is -0.258. The van der Waals surface area contributed by atoms with Gasteiger partial charge in [-0.3, -0.25) is 9.59 Å². The second-order valence-corrected chi connectivity index (χ2v) is 9.18. The summed E-state index contributed by atoms with van der Waals surface area (Å²) in [7, 11) is -2.22. The number of hydrogen-bond donors (Lipinski definition) is 1. The standard InChI is InChI=1S/C19H21ClFN3O4S/c1-23-8-2-3-15(18(23)25)19(26)24-9-6-13(7-10-24)12-22-29(27,28)14-4-5-17(21)16(20)11-14/h2-5,8,11,13,22H,6-7,9-10,12H2,1H3. The van der Waals surface area contributed by atoms with Crippen molar-refractivity contribution in [1.82, 2.24) is 14.2 Å². The van der Waals surface area contributed by atoms with Crippen LogP contribution in [-0.4, -0.2) is 43.4 Å². The third-order valence-corrected chi connectivity index (χ3v) is 6.73. The fourth-order valence-corrected chi connectivity index (χ4v) is 4.61. The number of pyridine rings is 1. The summed E-state index contributed by atoms with van der Waals surface area (Å²) < 4.78 is 41.9. The molecule has 0 aliphatic carbocycles. The van der Waals surface area contributed by atoms with Gasteiger partial charge < -0.3 is 9.47 Å². The molecule has 0 radical (unpaired) electrons. The Morgan fingerprint density at radius 1 is 1.28 bits per heavy atom. The van der Waals surface area contributed by atoms with Gasteiger partial charge in [-0.25, -0.2) is 17.5 Å². The minimum absolute atomic E-state index is 0.0448. The third-order valence-electron chi connectivity index (χ3n) is 5.02. The lowest BCUT2D eigenvalue weighted by Gasteiger charge is -2.32. The predicted octanol–water partition coefficient (Wildman–Crippen LogP) is 2.01. The lowest BCUT2D eigenvalue weighted by atomic mass is 9.97. The highest BCUT2D eigenvalue weighted by atomic mass is 35.5. The van der Waals surface area contributed by atoms with Crippen LogP contribution in [0.5, 0.6) is 0 Å². The second kappa shape index (κ2) is 8.64. The van der Waals surface area contributed by atoms with Crippen LogP contribution in [0.15, 0.2) is 46.2 Å². The van der Waals surface area contributed by atoms with Crippen molar-refractivity contribution in [1.29, 1.82) is 0 Å². The molecule has 10 heteroatoms. The zero-order chi connectivity index (χ0) is 21.2. The topological polar surface area (TPSA) is 88.5 Å². The van der Waals surface area contributed by atoms with E-state index in [1.807, 2.05) is 0 Å². The molecule has 29 heavy (non-hydrogen) atoms. The normalized spacial score (nSPS) is 15.5. The van der Waals surface area contributed by atoms with Gasteiger partial charge in [0.25, 0.3) is 11.5 Å². The maximum absolute atomic E-state index is 13.2. The van der Waals surface area contributed by atoms with Crippen LogP contribution in [0.3, 0.4) is 0 Å². The highest BCUT2D eigenvalue weighted by Crippen LogP contribution is 2.21. The molecule has 156 valence electrons. The molecular weight excluding hydrogens is 421 g/mol. The van der Waals surface area contributed by atoms with Gasteiger partial charge in [0.15, 0.2) is 0 Å². The van der Waals surface area contributed by atoms with E-state index in [0.29, 0.717) is 25.9 Å². The minimum Gasteiger partial charge on any atom is -0.338 e. The molecule has 1 aliphatic heterocycles. The molecule has 1 aromatic carbocycles. The maximum atomic E-state index is 13.2. The summed E-state index contributed by atoms with van der Waals surface area (Å²) in [5.41, 5.74) is -0.215. The number of aromatic nitrogens is 1. The summed E-state index contributed by atoms with van der Waals surface area (Å²) >= 11 is 5.66. The number of nitrogens with zero attached hydrogens (tertiary/aromatic N) is 2. The Labute approximate surface area is 173 Å². The van der Waals surface area contributed by atoms with Crippen molar-refractivity contribution < 1.29 is 17.6 Å². The summed E-state index contributed by atoms with van der Waals surface area (Å²) in [6, 6.07) is 6.40. The minimum atomic E-state index is -3.81. The number of benzene rings is 1. The van der Waals surface area contributed by atoms with Crippen LogP contribution >= 0.6 is 11.6 Å². The maximum Gasteiger partial charge on any atom is 0.263 e. The quantitative estimate of drug-likeness (QED) is 0.768. The second-order valence-electron chi connectivity index (χ2n) is 7.00. The molecule has 0 saturated carbocycles. The molecule has 0 bridgehead atoms. The number of halogens is 2. The number of carbonyl (C=O) groups is 1. The van der Waals surface area contributed by atoms with E-state index in [1.54, 1.807) is 24.2 Å². The van der Waals surface area contributed by atoms with Crippen molar-refractivity contribution in [3.63, 3.8) is 0 Å². The van der Waals surface area contributed by atoms with E-state index in [-0.39, 0.29) is 39.4 Å². The lowest BCUT2D eigenvalue weighted by molar-refractivity contribution is 0.0689. The van der Waals surface area contributed by atoms with Crippen LogP contribution in [-0.2, 0) is 17.1 Å². The predicted molar refractivity (Wildman–Crippen MR) is 107 cm³/mol. The molecule has 0 atom stereocenters. The Morgan fingerprint density at radius 3 is 2.62 bits per heavy atom. The molecule has 1 N–H and O–H groups in total. The van der Waals surface area contributed by atoms with Gasteiger partial charge in [-0.1, -0.05) is 11.6 Å². The van der Waals surface area contributed by atoms with Gasteiger partial charge in [-0.2, -0.15) is 0 Å². The van der Waals surface area contributed by atoms with Crippen LogP contribution in [0.1, 0.15) is 23.2 Å². The molecule has 3 rings (SSSR count). The fraction of sp³-hybridized carbons (Fsp3) is 0.368. The molecule has 1 aromatic heterocycles. The van der Waals surface area contributed by atoms with Gasteiger partial charge in [-0.15, -0.1) is 0 Å². The van der Waals surface area contributed by atoms with Crippen LogP contribution in [0, 0.1) is 11.7 Å². The number of aryl methyl sites for hydroxylation is 1. The fourth-order valence-electron chi connectivity index (χ4n) is 3.23. The van der Waals surface area contributed by atoms with E-state index in [1.165, 1.54) is 10.6 Å². The summed E-state index contributed by atoms with van der Waals surface area (Å²) in [6.45, 7) is 1.07. The zero-order valence-electron chi connectivity index (χ0n) is 15.8. The Bertz CT molecular complexity index is 1080. The number of amides is 1. The number of carbonyl (C=O) groups excluding carboxylic acids is 1. The number of piperidine rings is 1. The molecule has 0 spiro atoms. The van der Waals surface area contributed by atoms with Gasteiger partial charge >= 0.3 is 0 Å². The summed E-state index contributed by atoms with van der Waals surface area (Å²) in [5.74, 6) is -0.953. The van der Waals surface area contributed by atoms with Gasteiger partial charge in [0, 0.05) is 32.9 Å².